The van der Waals surface area contributed by atoms with Crippen LogP contribution >= 0.6 is 7.82 Å². The van der Waals surface area contributed by atoms with Crippen LogP contribution in [0.4, 0.5) is 0 Å². The minimum Gasteiger partial charge on any atom is -0.736 e. The summed E-state index contributed by atoms with van der Waals surface area (Å²) in [5.74, 6) is 0.631. The largest absolute Gasteiger partial charge is 1.00 e. The van der Waals surface area contributed by atoms with E-state index in [1.165, 1.54) is 0 Å². The molecule has 0 saturated heterocycles. The van der Waals surface area contributed by atoms with Gasteiger partial charge in [-0.1, -0.05) is 79.7 Å². The molecule has 2 aromatic carbocycles. The summed E-state index contributed by atoms with van der Waals surface area (Å²) < 4.78 is 23.7. The monoisotopic (exact) mass is 424 g/mol. The third kappa shape index (κ3) is 6.93. The van der Waals surface area contributed by atoms with E-state index in [2.05, 4.69) is 13.8 Å². The Morgan fingerprint density at radius 3 is 1.37 bits per heavy atom. The normalized spacial score (nSPS) is 12.3. The Hall–Kier alpha value is -1.17. The molecule has 0 fully saturated rings. The predicted molar refractivity (Wildman–Crippen MR) is 118 cm³/mol. The maximum Gasteiger partial charge on any atom is 1.00 e. The van der Waals surface area contributed by atoms with Crippen molar-refractivity contribution in [3.8, 4) is 11.5 Å². The van der Waals surface area contributed by atoms with E-state index in [4.69, 9.17) is 9.05 Å². The van der Waals surface area contributed by atoms with Crippen molar-refractivity contribution in [1.82, 2.24) is 0 Å². The van der Waals surface area contributed by atoms with Gasteiger partial charge in [0.2, 0.25) is 0 Å². The van der Waals surface area contributed by atoms with Gasteiger partial charge < -0.3 is 13.9 Å². The van der Waals surface area contributed by atoms with E-state index in [0.717, 1.165) is 35.1 Å². The molecule has 0 N–H and O–H groups in total. The molecule has 0 aliphatic carbocycles. The molecule has 2 rings (SSSR count). The number of hydrogen-bond acceptors (Lipinski definition) is 4. The SMILES string of the molecule is CCc1ccc(OP(=O)([O-])Oc2ccc(CC)cc2C(C)(C)C)c(C(C)(C)C)c1.[Li+]. The van der Waals surface area contributed by atoms with Crippen LogP contribution < -0.4 is 32.8 Å². The van der Waals surface area contributed by atoms with Gasteiger partial charge in [-0.25, -0.2) is 4.57 Å². The first-order valence-corrected chi connectivity index (χ1v) is 11.7. The van der Waals surface area contributed by atoms with Crippen molar-refractivity contribution in [2.24, 2.45) is 0 Å². The summed E-state index contributed by atoms with van der Waals surface area (Å²) in [6.07, 6.45) is 1.74. The summed E-state index contributed by atoms with van der Waals surface area (Å²) in [6, 6.07) is 11.2. The third-order valence-corrected chi connectivity index (χ3v) is 5.78. The van der Waals surface area contributed by atoms with Gasteiger partial charge in [-0.2, -0.15) is 0 Å². The van der Waals surface area contributed by atoms with Crippen molar-refractivity contribution in [3.63, 3.8) is 0 Å². The molecule has 0 saturated carbocycles. The second-order valence-electron chi connectivity index (χ2n) is 9.50. The van der Waals surface area contributed by atoms with Crippen LogP contribution in [0.1, 0.15) is 77.6 Å². The van der Waals surface area contributed by atoms with Crippen molar-refractivity contribution in [1.29, 1.82) is 0 Å². The molecule has 0 spiro atoms. The zero-order valence-electron chi connectivity index (χ0n) is 20.0. The molecule has 0 unspecified atom stereocenters. The molecule has 160 valence electrons. The molecule has 6 heteroatoms. The van der Waals surface area contributed by atoms with E-state index in [0.29, 0.717) is 11.5 Å². The van der Waals surface area contributed by atoms with Crippen LogP contribution in [0, 0.1) is 0 Å². The fraction of sp³-hybridized carbons (Fsp3) is 0.500. The smallest absolute Gasteiger partial charge is 0.736 e. The Bertz CT molecular complexity index is 839. The second-order valence-corrected chi connectivity index (χ2v) is 10.8. The molecule has 0 aliphatic heterocycles. The number of rotatable bonds is 6. The Morgan fingerprint density at radius 2 is 1.10 bits per heavy atom. The summed E-state index contributed by atoms with van der Waals surface area (Å²) in [7, 11) is -4.63. The average molecular weight is 424 g/mol. The molecule has 0 amide bonds. The van der Waals surface area contributed by atoms with Crippen molar-refractivity contribution in [2.75, 3.05) is 0 Å². The first-order valence-electron chi connectivity index (χ1n) is 10.2. The zero-order valence-corrected chi connectivity index (χ0v) is 20.9. The van der Waals surface area contributed by atoms with Gasteiger partial charge in [-0.15, -0.1) is 0 Å². The molecule has 0 atom stereocenters. The van der Waals surface area contributed by atoms with E-state index in [9.17, 15) is 9.46 Å². The zero-order chi connectivity index (χ0) is 22.0. The van der Waals surface area contributed by atoms with Gasteiger partial charge in [0, 0.05) is 11.1 Å². The predicted octanol–water partition coefficient (Wildman–Crippen LogP) is 3.34. The van der Waals surface area contributed by atoms with Crippen LogP contribution in [0.5, 0.6) is 11.5 Å². The molecule has 0 aromatic heterocycles. The Kier molecular flexibility index (Phi) is 8.92. The quantitative estimate of drug-likeness (QED) is 0.527. The fourth-order valence-electron chi connectivity index (χ4n) is 3.19. The van der Waals surface area contributed by atoms with Crippen LogP contribution in [-0.2, 0) is 28.2 Å². The number of phosphoric acid groups is 1. The fourth-order valence-corrected chi connectivity index (χ4v) is 4.02. The van der Waals surface area contributed by atoms with Gasteiger partial charge in [0.15, 0.2) is 0 Å². The summed E-state index contributed by atoms with van der Waals surface area (Å²) in [5, 5.41) is 0. The Morgan fingerprint density at radius 1 is 0.767 bits per heavy atom. The van der Waals surface area contributed by atoms with Crippen molar-refractivity contribution in [3.05, 3.63) is 58.7 Å². The molecule has 0 bridgehead atoms. The number of aryl methyl sites for hydroxylation is 2. The summed E-state index contributed by atoms with van der Waals surface area (Å²) in [4.78, 5) is 12.8. The van der Waals surface area contributed by atoms with Crippen LogP contribution in [-0.4, -0.2) is 0 Å². The van der Waals surface area contributed by atoms with Gasteiger partial charge in [-0.05, 0) is 46.9 Å². The van der Waals surface area contributed by atoms with Gasteiger partial charge in [0.25, 0.3) is 0 Å². The summed E-state index contributed by atoms with van der Waals surface area (Å²) in [6.45, 7) is 16.3. The molecule has 0 heterocycles. The molecule has 0 radical (unpaired) electrons. The van der Waals surface area contributed by atoms with E-state index >= 15 is 0 Å². The molecule has 4 nitrogen and oxygen atoms in total. The van der Waals surface area contributed by atoms with Gasteiger partial charge in [-0.3, -0.25) is 0 Å². The first kappa shape index (κ1) is 26.9. The standard InChI is InChI=1S/C24H35O4P.Li/c1-9-17-11-13-21(19(15-17)23(3,4)5)27-29(25,26)28-22-14-12-18(10-2)16-20(22)24(6,7)8;/h11-16H,9-10H2,1-8H3,(H,25,26);/q;+1/p-1. The van der Waals surface area contributed by atoms with E-state index < -0.39 is 7.82 Å². The molecule has 30 heavy (non-hydrogen) atoms. The van der Waals surface area contributed by atoms with E-state index in [1.54, 1.807) is 12.1 Å². The third-order valence-electron chi connectivity index (χ3n) is 4.94. The van der Waals surface area contributed by atoms with Crippen LogP contribution in [0.25, 0.3) is 0 Å². The summed E-state index contributed by atoms with van der Waals surface area (Å²) >= 11 is 0. The Balaban J connectivity index is 0.00000450. The number of benzene rings is 2. The van der Waals surface area contributed by atoms with Gasteiger partial charge >= 0.3 is 26.7 Å². The minimum atomic E-state index is -4.63. The molecule has 2 aromatic rings. The molecular weight excluding hydrogens is 390 g/mol. The first-order chi connectivity index (χ1) is 13.3. The maximum atomic E-state index is 12.8. The van der Waals surface area contributed by atoms with Crippen LogP contribution in [0.15, 0.2) is 36.4 Å². The van der Waals surface area contributed by atoms with Crippen molar-refractivity contribution < 1.29 is 37.4 Å². The van der Waals surface area contributed by atoms with Crippen LogP contribution in [0.3, 0.4) is 0 Å². The maximum absolute atomic E-state index is 12.8. The molecular formula is C24H34LiO4P. The molecule has 0 aliphatic rings. The topological polar surface area (TPSA) is 58.6 Å². The van der Waals surface area contributed by atoms with Gasteiger partial charge in [0.05, 0.1) is 0 Å². The van der Waals surface area contributed by atoms with E-state index in [1.807, 2.05) is 65.8 Å². The number of phosphoric ester groups is 1. The van der Waals surface area contributed by atoms with Crippen molar-refractivity contribution in [2.45, 2.75) is 79.1 Å². The van der Waals surface area contributed by atoms with E-state index in [-0.39, 0.29) is 29.7 Å². The van der Waals surface area contributed by atoms with Crippen molar-refractivity contribution >= 4 is 7.82 Å². The Labute approximate surface area is 194 Å². The van der Waals surface area contributed by atoms with Crippen LogP contribution in [0.2, 0.25) is 0 Å². The average Bonchev–Trinajstić information content (AvgIpc) is 2.59. The second kappa shape index (κ2) is 9.97. The van der Waals surface area contributed by atoms with Gasteiger partial charge in [0.1, 0.15) is 11.5 Å². The number of hydrogen-bond donors (Lipinski definition) is 0. The minimum absolute atomic E-state index is 0. The summed E-state index contributed by atoms with van der Waals surface area (Å²) in [5.41, 5.74) is 3.42.